The van der Waals surface area contributed by atoms with E-state index < -0.39 is 5.97 Å². The van der Waals surface area contributed by atoms with Gasteiger partial charge in [0.15, 0.2) is 0 Å². The highest BCUT2D eigenvalue weighted by molar-refractivity contribution is 5.90. The van der Waals surface area contributed by atoms with Crippen molar-refractivity contribution < 1.29 is 19.4 Å². The fraction of sp³-hybridized carbons (Fsp3) is 0.250. The van der Waals surface area contributed by atoms with Crippen molar-refractivity contribution in [1.29, 1.82) is 0 Å². The van der Waals surface area contributed by atoms with Gasteiger partial charge in [-0.1, -0.05) is 17.3 Å². The summed E-state index contributed by atoms with van der Waals surface area (Å²) in [4.78, 5) is 13.6. The van der Waals surface area contributed by atoms with Crippen LogP contribution >= 0.6 is 0 Å². The van der Waals surface area contributed by atoms with Gasteiger partial charge in [-0.25, -0.2) is 4.79 Å². The Hall–Kier alpha value is -2.66. The SMILES string of the molecule is COc1cc(C(=O)O)cc(OC)c1C=CCN=[N+]=[N-]. The highest BCUT2D eigenvalue weighted by atomic mass is 16.5. The molecule has 0 aliphatic rings. The molecule has 0 aliphatic carbocycles. The summed E-state index contributed by atoms with van der Waals surface area (Å²) >= 11 is 0. The summed E-state index contributed by atoms with van der Waals surface area (Å²) in [7, 11) is 2.87. The minimum absolute atomic E-state index is 0.0703. The molecule has 0 heterocycles. The highest BCUT2D eigenvalue weighted by Gasteiger charge is 2.13. The zero-order valence-electron chi connectivity index (χ0n) is 10.5. The van der Waals surface area contributed by atoms with Gasteiger partial charge in [0.1, 0.15) is 11.5 Å². The molecule has 0 fully saturated rings. The van der Waals surface area contributed by atoms with Gasteiger partial charge in [0.25, 0.3) is 0 Å². The Morgan fingerprint density at radius 2 is 2.00 bits per heavy atom. The molecule has 1 N–H and O–H groups in total. The zero-order valence-corrected chi connectivity index (χ0v) is 10.5. The van der Waals surface area contributed by atoms with Gasteiger partial charge in [-0.2, -0.15) is 0 Å². The summed E-state index contributed by atoms with van der Waals surface area (Å²) in [6.45, 7) is 0.184. The second-order valence-electron chi connectivity index (χ2n) is 3.42. The maximum atomic E-state index is 11.0. The largest absolute Gasteiger partial charge is 0.496 e. The van der Waals surface area contributed by atoms with Crippen LogP contribution in [-0.4, -0.2) is 31.8 Å². The Balaban J connectivity index is 3.24. The summed E-state index contributed by atoms with van der Waals surface area (Å²) in [5, 5.41) is 12.3. The number of hydrogen-bond donors (Lipinski definition) is 1. The molecule has 0 atom stereocenters. The number of ether oxygens (including phenoxy) is 2. The molecule has 0 bridgehead atoms. The number of azide groups is 1. The Morgan fingerprint density at radius 3 is 2.42 bits per heavy atom. The Bertz CT molecular complexity index is 523. The number of benzene rings is 1. The third kappa shape index (κ3) is 3.65. The quantitative estimate of drug-likeness (QED) is 0.484. The van der Waals surface area contributed by atoms with Crippen molar-refractivity contribution >= 4 is 12.0 Å². The summed E-state index contributed by atoms with van der Waals surface area (Å²) in [5.74, 6) is -0.330. The number of nitrogens with zero attached hydrogens (tertiary/aromatic N) is 3. The zero-order chi connectivity index (χ0) is 14.3. The van der Waals surface area contributed by atoms with Crippen LogP contribution in [0.25, 0.3) is 16.5 Å². The van der Waals surface area contributed by atoms with Crippen molar-refractivity contribution in [3.05, 3.63) is 39.8 Å². The van der Waals surface area contributed by atoms with Crippen LogP contribution in [0, 0.1) is 0 Å². The van der Waals surface area contributed by atoms with Crippen LogP contribution in [0.4, 0.5) is 0 Å². The molecule has 0 unspecified atom stereocenters. The summed E-state index contributed by atoms with van der Waals surface area (Å²) in [6, 6.07) is 2.80. The van der Waals surface area contributed by atoms with E-state index in [0.717, 1.165) is 0 Å². The Kier molecular flexibility index (Phi) is 5.25. The van der Waals surface area contributed by atoms with Crippen molar-refractivity contribution in [2.75, 3.05) is 20.8 Å². The first-order valence-electron chi connectivity index (χ1n) is 5.30. The van der Waals surface area contributed by atoms with Crippen LogP contribution in [0.1, 0.15) is 15.9 Å². The lowest BCUT2D eigenvalue weighted by molar-refractivity contribution is 0.0696. The number of aromatic carboxylic acids is 1. The molecule has 1 rings (SSSR count). The van der Waals surface area contributed by atoms with E-state index in [2.05, 4.69) is 10.0 Å². The van der Waals surface area contributed by atoms with Gasteiger partial charge in [-0.05, 0) is 17.7 Å². The molecular formula is C12H13N3O4. The van der Waals surface area contributed by atoms with E-state index >= 15 is 0 Å². The number of methoxy groups -OCH3 is 2. The molecule has 0 spiro atoms. The first kappa shape index (κ1) is 14.4. The minimum Gasteiger partial charge on any atom is -0.496 e. The van der Waals surface area contributed by atoms with Gasteiger partial charge in [0.2, 0.25) is 0 Å². The minimum atomic E-state index is -1.07. The number of carboxylic acids is 1. The van der Waals surface area contributed by atoms with Crippen LogP contribution in [0.5, 0.6) is 11.5 Å². The van der Waals surface area contributed by atoms with E-state index in [1.54, 1.807) is 12.2 Å². The third-order valence-corrected chi connectivity index (χ3v) is 2.33. The molecule has 100 valence electrons. The van der Waals surface area contributed by atoms with Gasteiger partial charge in [-0.3, -0.25) is 0 Å². The van der Waals surface area contributed by atoms with Crippen molar-refractivity contribution in [2.24, 2.45) is 5.11 Å². The summed E-state index contributed by atoms with van der Waals surface area (Å²) in [5.41, 5.74) is 8.83. The molecule has 0 amide bonds. The topological polar surface area (TPSA) is 105 Å². The van der Waals surface area contributed by atoms with Crippen LogP contribution in [0.2, 0.25) is 0 Å². The van der Waals surface area contributed by atoms with E-state index in [9.17, 15) is 4.79 Å². The number of rotatable bonds is 6. The van der Waals surface area contributed by atoms with E-state index in [0.29, 0.717) is 17.1 Å². The second kappa shape index (κ2) is 6.93. The van der Waals surface area contributed by atoms with Crippen molar-refractivity contribution in [3.8, 4) is 11.5 Å². The summed E-state index contributed by atoms with van der Waals surface area (Å²) < 4.78 is 10.3. The fourth-order valence-corrected chi connectivity index (χ4v) is 1.48. The normalized spacial score (nSPS) is 10.0. The molecule has 0 saturated carbocycles. The lowest BCUT2D eigenvalue weighted by Crippen LogP contribution is -2.00. The van der Waals surface area contributed by atoms with Crippen LogP contribution in [0.15, 0.2) is 23.3 Å². The van der Waals surface area contributed by atoms with Gasteiger partial charge in [0, 0.05) is 11.5 Å². The first-order chi connectivity index (χ1) is 9.13. The van der Waals surface area contributed by atoms with Crippen LogP contribution in [0.3, 0.4) is 0 Å². The number of hydrogen-bond acceptors (Lipinski definition) is 4. The second-order valence-corrected chi connectivity index (χ2v) is 3.42. The van der Waals surface area contributed by atoms with Gasteiger partial charge in [0.05, 0.1) is 25.3 Å². The predicted octanol–water partition coefficient (Wildman–Crippen LogP) is 2.73. The molecule has 7 nitrogen and oxygen atoms in total. The lowest BCUT2D eigenvalue weighted by Gasteiger charge is -2.11. The first-order valence-corrected chi connectivity index (χ1v) is 5.30. The molecule has 7 heteroatoms. The standard InChI is InChI=1S/C12H13N3O4/c1-18-10-6-8(12(16)17)7-11(19-2)9(10)4-3-5-14-15-13/h3-4,6-7H,5H2,1-2H3,(H,16,17). The maximum Gasteiger partial charge on any atom is 0.335 e. The van der Waals surface area contributed by atoms with Gasteiger partial charge < -0.3 is 14.6 Å². The molecule has 19 heavy (non-hydrogen) atoms. The van der Waals surface area contributed by atoms with Crippen molar-refractivity contribution in [1.82, 2.24) is 0 Å². The van der Waals surface area contributed by atoms with E-state index in [-0.39, 0.29) is 12.1 Å². The molecule has 1 aromatic carbocycles. The molecule has 0 aliphatic heterocycles. The van der Waals surface area contributed by atoms with Crippen molar-refractivity contribution in [2.45, 2.75) is 0 Å². The number of carboxylic acid groups (broad SMARTS) is 1. The average Bonchev–Trinajstić information content (AvgIpc) is 2.42. The molecular weight excluding hydrogens is 250 g/mol. The predicted molar refractivity (Wildman–Crippen MR) is 69.6 cm³/mol. The smallest absolute Gasteiger partial charge is 0.335 e. The number of carbonyl (C=O) groups is 1. The lowest BCUT2D eigenvalue weighted by atomic mass is 10.1. The molecule has 1 aromatic rings. The summed E-state index contributed by atoms with van der Waals surface area (Å²) in [6.07, 6.45) is 3.28. The van der Waals surface area contributed by atoms with E-state index in [1.807, 2.05) is 0 Å². The van der Waals surface area contributed by atoms with E-state index in [4.69, 9.17) is 20.1 Å². The third-order valence-electron chi connectivity index (χ3n) is 2.33. The highest BCUT2D eigenvalue weighted by Crippen LogP contribution is 2.31. The van der Waals surface area contributed by atoms with Crippen LogP contribution < -0.4 is 9.47 Å². The Morgan fingerprint density at radius 1 is 1.42 bits per heavy atom. The van der Waals surface area contributed by atoms with E-state index in [1.165, 1.54) is 26.4 Å². The monoisotopic (exact) mass is 263 g/mol. The van der Waals surface area contributed by atoms with Crippen molar-refractivity contribution in [3.63, 3.8) is 0 Å². The van der Waals surface area contributed by atoms with Gasteiger partial charge >= 0.3 is 5.97 Å². The molecule has 0 aromatic heterocycles. The van der Waals surface area contributed by atoms with Crippen LogP contribution in [-0.2, 0) is 0 Å². The van der Waals surface area contributed by atoms with Gasteiger partial charge in [-0.15, -0.1) is 0 Å². The maximum absolute atomic E-state index is 11.0. The molecule has 0 radical (unpaired) electrons. The molecule has 0 saturated heterocycles. The average molecular weight is 263 g/mol. The Labute approximate surface area is 109 Å². The fourth-order valence-electron chi connectivity index (χ4n) is 1.48.